The van der Waals surface area contributed by atoms with Crippen LogP contribution in [0.1, 0.15) is 37.3 Å². The minimum Gasteiger partial charge on any atom is -0.493 e. The lowest BCUT2D eigenvalue weighted by molar-refractivity contribution is -0.127. The fourth-order valence-corrected chi connectivity index (χ4v) is 6.13. The first-order valence-electron chi connectivity index (χ1n) is 9.48. The van der Waals surface area contributed by atoms with Crippen LogP contribution in [0.2, 0.25) is 0 Å². The number of nitrogens with one attached hydrogen (secondary N) is 1. The Morgan fingerprint density at radius 2 is 1.88 bits per heavy atom. The van der Waals surface area contributed by atoms with Gasteiger partial charge in [0.25, 0.3) is 0 Å². The normalized spacial score (nSPS) is 28.9. The van der Waals surface area contributed by atoms with Crippen molar-refractivity contribution in [3.8, 4) is 5.75 Å². The summed E-state index contributed by atoms with van der Waals surface area (Å²) in [5.74, 6) is 1.58. The molecular weight excluding hydrogens is 352 g/mol. The number of nitrogens with zero attached hydrogens (tertiary/aromatic N) is 1. The Morgan fingerprint density at radius 3 is 2.62 bits per heavy atom. The van der Waals surface area contributed by atoms with E-state index in [2.05, 4.69) is 10.2 Å². The zero-order valence-electron chi connectivity index (χ0n) is 14.9. The minimum atomic E-state index is -2.86. The molecule has 3 heterocycles. The highest BCUT2D eigenvalue weighted by Gasteiger charge is 2.35. The molecule has 0 radical (unpaired) electrons. The second-order valence-electron chi connectivity index (χ2n) is 7.60. The van der Waals surface area contributed by atoms with Crippen molar-refractivity contribution in [3.63, 3.8) is 0 Å². The molecule has 0 aromatic heterocycles. The van der Waals surface area contributed by atoms with Crippen molar-refractivity contribution in [1.82, 2.24) is 10.2 Å². The van der Waals surface area contributed by atoms with Gasteiger partial charge in [0.05, 0.1) is 24.2 Å². The van der Waals surface area contributed by atoms with Crippen molar-refractivity contribution < 1.29 is 17.9 Å². The summed E-state index contributed by atoms with van der Waals surface area (Å²) < 4.78 is 29.0. The van der Waals surface area contributed by atoms with Crippen LogP contribution in [0, 0.1) is 5.92 Å². The Labute approximate surface area is 154 Å². The standard InChI is InChI=1S/C19H26N2O4S/c22-19(20-17-7-11-25-18-4-2-1-3-16(17)18)14-5-9-21(10-6-14)15-8-12-26(23,24)13-15/h1-4,14-15,17H,5-13H2,(H,20,22). The maximum absolute atomic E-state index is 12.7. The van der Waals surface area contributed by atoms with Gasteiger partial charge in [0, 0.05) is 23.9 Å². The lowest BCUT2D eigenvalue weighted by Crippen LogP contribution is -2.46. The number of carbonyl (C=O) groups is 1. The third-order valence-electron chi connectivity index (χ3n) is 5.90. The molecule has 1 amide bonds. The number of hydrogen-bond donors (Lipinski definition) is 1. The molecule has 3 aliphatic heterocycles. The quantitative estimate of drug-likeness (QED) is 0.863. The molecule has 142 valence electrons. The summed E-state index contributed by atoms with van der Waals surface area (Å²) in [6.07, 6.45) is 3.13. The van der Waals surface area contributed by atoms with Crippen LogP contribution in [0.3, 0.4) is 0 Å². The number of benzene rings is 1. The van der Waals surface area contributed by atoms with Crippen LogP contribution in [0.25, 0.3) is 0 Å². The molecule has 2 unspecified atom stereocenters. The predicted octanol–water partition coefficient (Wildman–Crippen LogP) is 1.53. The molecule has 6 nitrogen and oxygen atoms in total. The number of rotatable bonds is 3. The van der Waals surface area contributed by atoms with Gasteiger partial charge in [0.2, 0.25) is 5.91 Å². The van der Waals surface area contributed by atoms with Gasteiger partial charge in [-0.05, 0) is 38.4 Å². The lowest BCUT2D eigenvalue weighted by atomic mass is 9.93. The molecular formula is C19H26N2O4S. The van der Waals surface area contributed by atoms with Gasteiger partial charge in [-0.2, -0.15) is 0 Å². The molecule has 0 aliphatic carbocycles. The molecule has 2 saturated heterocycles. The summed E-state index contributed by atoms with van der Waals surface area (Å²) in [6.45, 7) is 2.24. The van der Waals surface area contributed by atoms with E-state index >= 15 is 0 Å². The molecule has 0 saturated carbocycles. The van der Waals surface area contributed by atoms with Crippen LogP contribution in [-0.4, -0.2) is 56.5 Å². The number of carbonyl (C=O) groups excluding carboxylic acids is 1. The van der Waals surface area contributed by atoms with Crippen molar-refractivity contribution in [3.05, 3.63) is 29.8 Å². The number of ether oxygens (including phenoxy) is 1. The summed E-state index contributed by atoms with van der Waals surface area (Å²) in [5, 5.41) is 3.21. The SMILES string of the molecule is O=C(NC1CCOc2ccccc21)C1CCN(C2CCS(=O)(=O)C2)CC1. The molecule has 1 aromatic carbocycles. The van der Waals surface area contributed by atoms with Crippen molar-refractivity contribution in [2.24, 2.45) is 5.92 Å². The van der Waals surface area contributed by atoms with Crippen molar-refractivity contribution in [2.45, 2.75) is 37.8 Å². The number of fused-ring (bicyclic) bond motifs is 1. The van der Waals surface area contributed by atoms with Gasteiger partial charge in [-0.25, -0.2) is 8.42 Å². The molecule has 7 heteroatoms. The van der Waals surface area contributed by atoms with Crippen LogP contribution in [0.4, 0.5) is 0 Å². The Bertz CT molecular complexity index is 771. The van der Waals surface area contributed by atoms with Gasteiger partial charge < -0.3 is 10.1 Å². The molecule has 2 fully saturated rings. The van der Waals surface area contributed by atoms with Crippen LogP contribution < -0.4 is 10.1 Å². The number of para-hydroxylation sites is 1. The van der Waals surface area contributed by atoms with Crippen molar-refractivity contribution in [2.75, 3.05) is 31.2 Å². The first kappa shape index (κ1) is 17.8. The van der Waals surface area contributed by atoms with E-state index in [0.717, 1.165) is 50.1 Å². The van der Waals surface area contributed by atoms with E-state index in [1.165, 1.54) is 0 Å². The number of hydrogen-bond acceptors (Lipinski definition) is 5. The largest absolute Gasteiger partial charge is 0.493 e. The summed E-state index contributed by atoms with van der Waals surface area (Å²) in [6, 6.07) is 8.05. The van der Waals surface area contributed by atoms with E-state index < -0.39 is 9.84 Å². The fraction of sp³-hybridized carbons (Fsp3) is 0.632. The monoisotopic (exact) mass is 378 g/mol. The van der Waals surface area contributed by atoms with Crippen LogP contribution in [0.5, 0.6) is 5.75 Å². The van der Waals surface area contributed by atoms with Gasteiger partial charge in [-0.3, -0.25) is 9.69 Å². The highest BCUT2D eigenvalue weighted by Crippen LogP contribution is 2.32. The van der Waals surface area contributed by atoms with E-state index in [0.29, 0.717) is 12.4 Å². The van der Waals surface area contributed by atoms with Gasteiger partial charge in [0.1, 0.15) is 5.75 Å². The van der Waals surface area contributed by atoms with Gasteiger partial charge >= 0.3 is 0 Å². The summed E-state index contributed by atoms with van der Waals surface area (Å²) in [5.41, 5.74) is 1.06. The summed E-state index contributed by atoms with van der Waals surface area (Å²) in [7, 11) is -2.86. The van der Waals surface area contributed by atoms with Gasteiger partial charge in [0.15, 0.2) is 9.84 Å². The van der Waals surface area contributed by atoms with Gasteiger partial charge in [-0.15, -0.1) is 0 Å². The first-order valence-corrected chi connectivity index (χ1v) is 11.3. The molecule has 0 spiro atoms. The number of piperidine rings is 1. The zero-order valence-corrected chi connectivity index (χ0v) is 15.7. The van der Waals surface area contributed by atoms with Crippen molar-refractivity contribution >= 4 is 15.7 Å². The Hall–Kier alpha value is -1.60. The molecule has 3 aliphatic rings. The average Bonchev–Trinajstić information content (AvgIpc) is 3.02. The average molecular weight is 378 g/mol. The van der Waals surface area contributed by atoms with E-state index in [1.54, 1.807) is 0 Å². The van der Waals surface area contributed by atoms with E-state index in [9.17, 15) is 13.2 Å². The van der Waals surface area contributed by atoms with Crippen LogP contribution in [0.15, 0.2) is 24.3 Å². The second kappa shape index (κ2) is 7.19. The molecule has 4 rings (SSSR count). The number of amides is 1. The van der Waals surface area contributed by atoms with Crippen LogP contribution in [-0.2, 0) is 14.6 Å². The topological polar surface area (TPSA) is 75.7 Å². The molecule has 0 bridgehead atoms. The Morgan fingerprint density at radius 1 is 1.12 bits per heavy atom. The predicted molar refractivity (Wildman–Crippen MR) is 98.8 cm³/mol. The molecule has 1 aromatic rings. The summed E-state index contributed by atoms with van der Waals surface area (Å²) in [4.78, 5) is 15.0. The molecule has 2 atom stereocenters. The number of likely N-dealkylation sites (tertiary alicyclic amines) is 1. The Balaban J connectivity index is 1.32. The van der Waals surface area contributed by atoms with E-state index in [4.69, 9.17) is 4.74 Å². The third-order valence-corrected chi connectivity index (χ3v) is 7.65. The molecule has 26 heavy (non-hydrogen) atoms. The minimum absolute atomic E-state index is 0.0132. The lowest BCUT2D eigenvalue weighted by Gasteiger charge is -2.36. The first-order chi connectivity index (χ1) is 12.5. The second-order valence-corrected chi connectivity index (χ2v) is 9.83. The smallest absolute Gasteiger partial charge is 0.223 e. The summed E-state index contributed by atoms with van der Waals surface area (Å²) >= 11 is 0. The maximum atomic E-state index is 12.7. The van der Waals surface area contributed by atoms with Gasteiger partial charge in [-0.1, -0.05) is 18.2 Å². The number of sulfone groups is 1. The maximum Gasteiger partial charge on any atom is 0.223 e. The third kappa shape index (κ3) is 3.74. The van der Waals surface area contributed by atoms with Crippen molar-refractivity contribution in [1.29, 1.82) is 0 Å². The van der Waals surface area contributed by atoms with Crippen LogP contribution >= 0.6 is 0 Å². The Kier molecular flexibility index (Phi) is 4.92. The van der Waals surface area contributed by atoms with E-state index in [-0.39, 0.29) is 29.7 Å². The van der Waals surface area contributed by atoms with E-state index in [1.807, 2.05) is 24.3 Å². The zero-order chi connectivity index (χ0) is 18.1. The fourth-order valence-electron chi connectivity index (χ4n) is 4.37. The molecule has 1 N–H and O–H groups in total. The highest BCUT2D eigenvalue weighted by molar-refractivity contribution is 7.91. The highest BCUT2D eigenvalue weighted by atomic mass is 32.2.